The summed E-state index contributed by atoms with van der Waals surface area (Å²) in [5.41, 5.74) is 0. The molecule has 0 saturated heterocycles. The van der Waals surface area contributed by atoms with E-state index >= 15 is 0 Å². The number of hydrogen-bond donors (Lipinski definition) is 2. The van der Waals surface area contributed by atoms with Gasteiger partial charge < -0.3 is 9.94 Å². The van der Waals surface area contributed by atoms with Crippen molar-refractivity contribution in [2.75, 3.05) is 0 Å². The van der Waals surface area contributed by atoms with Crippen molar-refractivity contribution in [2.45, 2.75) is 0 Å². The molecule has 1 rings (SSSR count). The van der Waals surface area contributed by atoms with Gasteiger partial charge in [-0.25, -0.2) is 0 Å². The molecule has 4 heteroatoms. The smallest absolute Gasteiger partial charge is 0.189 e. The normalized spacial score (nSPS) is 9.40. The van der Waals surface area contributed by atoms with Crippen molar-refractivity contribution < 1.29 is 9.94 Å². The molecule has 3 nitrogen and oxygen atoms in total. The summed E-state index contributed by atoms with van der Waals surface area (Å²) in [4.78, 5) is 4.29. The molecule has 0 atom stereocenters. The van der Waals surface area contributed by atoms with Crippen LogP contribution in [0, 0.1) is 0 Å². The van der Waals surface area contributed by atoms with Crippen LogP contribution in [0.2, 0.25) is 5.02 Å². The van der Waals surface area contributed by atoms with Gasteiger partial charge in [-0.3, -0.25) is 0 Å². The molecule has 0 aliphatic rings. The summed E-state index contributed by atoms with van der Waals surface area (Å²) in [6, 6.07) is 4.38. The Labute approximate surface area is 62.9 Å². The second-order valence-corrected chi connectivity index (χ2v) is 2.17. The molecule has 1 aromatic carbocycles. The molecule has 0 fully saturated rings. The first-order valence-corrected chi connectivity index (χ1v) is 2.97. The number of halogens is 1. The lowest BCUT2D eigenvalue weighted by Crippen LogP contribution is -2.01. The molecule has 0 bridgehead atoms. The van der Waals surface area contributed by atoms with E-state index in [1.807, 2.05) is 0 Å². The van der Waals surface area contributed by atoms with Crippen molar-refractivity contribution in [1.82, 2.24) is 0 Å². The van der Waals surface area contributed by atoms with E-state index in [1.165, 1.54) is 12.1 Å². The van der Waals surface area contributed by atoms with Gasteiger partial charge in [0.15, 0.2) is 11.5 Å². The zero-order valence-corrected chi connectivity index (χ0v) is 5.80. The number of aromatic hydroxyl groups is 1. The van der Waals surface area contributed by atoms with Crippen LogP contribution < -0.4 is 10.7 Å². The third kappa shape index (κ3) is 1.32. The summed E-state index contributed by atoms with van der Waals surface area (Å²) in [5, 5.41) is 9.44. The molecule has 0 amide bonds. The quantitative estimate of drug-likeness (QED) is 0.608. The Morgan fingerprint density at radius 2 is 2.20 bits per heavy atom. The van der Waals surface area contributed by atoms with Gasteiger partial charge in [-0.05, 0) is 12.1 Å². The first kappa shape index (κ1) is 7.18. The molecule has 0 radical (unpaired) electrons. The van der Waals surface area contributed by atoms with Crippen LogP contribution in [-0.4, -0.2) is 5.11 Å². The molecular formula is C6H6ClNO2. The van der Waals surface area contributed by atoms with Gasteiger partial charge in [-0.2, -0.15) is 5.90 Å². The van der Waals surface area contributed by atoms with Gasteiger partial charge in [0.2, 0.25) is 0 Å². The van der Waals surface area contributed by atoms with Gasteiger partial charge in [0, 0.05) is 11.1 Å². The third-order valence-corrected chi connectivity index (χ3v) is 1.28. The van der Waals surface area contributed by atoms with E-state index in [4.69, 9.17) is 22.6 Å². The van der Waals surface area contributed by atoms with E-state index in [2.05, 4.69) is 4.84 Å². The average molecular weight is 160 g/mol. The number of hydrogen-bond acceptors (Lipinski definition) is 3. The first-order chi connectivity index (χ1) is 4.74. The minimum Gasteiger partial charge on any atom is -0.504 e. The SMILES string of the molecule is NOc1cc(Cl)ccc1O. The molecular weight excluding hydrogens is 154 g/mol. The van der Waals surface area contributed by atoms with E-state index in [-0.39, 0.29) is 11.5 Å². The standard InChI is InChI=1S/C6H6ClNO2/c7-4-1-2-5(9)6(3-4)10-8/h1-3,9H,8H2. The molecule has 0 aromatic heterocycles. The lowest BCUT2D eigenvalue weighted by molar-refractivity contribution is 0.313. The van der Waals surface area contributed by atoms with Crippen molar-refractivity contribution in [3.63, 3.8) is 0 Å². The Bertz CT molecular complexity index is 239. The maximum atomic E-state index is 8.97. The molecule has 0 aliphatic carbocycles. The maximum absolute atomic E-state index is 8.97. The van der Waals surface area contributed by atoms with Gasteiger partial charge in [0.05, 0.1) is 0 Å². The van der Waals surface area contributed by atoms with E-state index < -0.39 is 0 Å². The molecule has 0 heterocycles. The van der Waals surface area contributed by atoms with Gasteiger partial charge in [-0.1, -0.05) is 11.6 Å². The van der Waals surface area contributed by atoms with Gasteiger partial charge in [0.25, 0.3) is 0 Å². The van der Waals surface area contributed by atoms with Gasteiger partial charge in [0.1, 0.15) is 0 Å². The fourth-order valence-electron chi connectivity index (χ4n) is 0.582. The molecule has 1 aromatic rings. The minimum atomic E-state index is -0.0214. The molecule has 0 spiro atoms. The first-order valence-electron chi connectivity index (χ1n) is 2.59. The fraction of sp³-hybridized carbons (Fsp3) is 0. The monoisotopic (exact) mass is 159 g/mol. The van der Waals surface area contributed by atoms with Crippen LogP contribution in [-0.2, 0) is 0 Å². The molecule has 0 unspecified atom stereocenters. The molecule has 3 N–H and O–H groups in total. The van der Waals surface area contributed by atoms with E-state index in [0.717, 1.165) is 0 Å². The molecule has 0 saturated carbocycles. The Hall–Kier alpha value is -0.930. The largest absolute Gasteiger partial charge is 0.504 e. The predicted octanol–water partition coefficient (Wildman–Crippen LogP) is 1.30. The Balaban J connectivity index is 3.09. The minimum absolute atomic E-state index is 0.0214. The summed E-state index contributed by atoms with van der Waals surface area (Å²) >= 11 is 5.55. The number of phenols is 1. The van der Waals surface area contributed by atoms with E-state index in [0.29, 0.717) is 5.02 Å². The summed E-state index contributed by atoms with van der Waals surface area (Å²) in [6.45, 7) is 0. The molecule has 54 valence electrons. The Morgan fingerprint density at radius 1 is 1.50 bits per heavy atom. The Kier molecular flexibility index (Phi) is 1.99. The fourth-order valence-corrected chi connectivity index (χ4v) is 0.744. The van der Waals surface area contributed by atoms with Crippen molar-refractivity contribution >= 4 is 11.6 Å². The summed E-state index contributed by atoms with van der Waals surface area (Å²) in [6.07, 6.45) is 0. The van der Waals surface area contributed by atoms with Crippen molar-refractivity contribution in [3.8, 4) is 11.5 Å². The van der Waals surface area contributed by atoms with Crippen LogP contribution in [0.15, 0.2) is 18.2 Å². The van der Waals surface area contributed by atoms with Crippen molar-refractivity contribution in [2.24, 2.45) is 5.90 Å². The highest BCUT2D eigenvalue weighted by atomic mass is 35.5. The second-order valence-electron chi connectivity index (χ2n) is 1.73. The van der Waals surface area contributed by atoms with Crippen LogP contribution in [0.1, 0.15) is 0 Å². The van der Waals surface area contributed by atoms with E-state index in [1.54, 1.807) is 6.07 Å². The average Bonchev–Trinajstić information content (AvgIpc) is 1.94. The van der Waals surface area contributed by atoms with Gasteiger partial charge in [-0.15, -0.1) is 0 Å². The van der Waals surface area contributed by atoms with Crippen molar-refractivity contribution in [3.05, 3.63) is 23.2 Å². The number of phenolic OH excluding ortho intramolecular Hbond substituents is 1. The van der Waals surface area contributed by atoms with Crippen LogP contribution in [0.25, 0.3) is 0 Å². The molecule has 0 aliphatic heterocycles. The highest BCUT2D eigenvalue weighted by Gasteiger charge is 2.00. The zero-order valence-electron chi connectivity index (χ0n) is 5.04. The van der Waals surface area contributed by atoms with Crippen molar-refractivity contribution in [1.29, 1.82) is 0 Å². The second kappa shape index (κ2) is 2.77. The zero-order chi connectivity index (χ0) is 7.56. The summed E-state index contributed by atoms with van der Waals surface area (Å²) in [7, 11) is 0. The Morgan fingerprint density at radius 3 is 2.70 bits per heavy atom. The lowest BCUT2D eigenvalue weighted by Gasteiger charge is -2.00. The van der Waals surface area contributed by atoms with Crippen LogP contribution >= 0.6 is 11.6 Å². The lowest BCUT2D eigenvalue weighted by atomic mass is 10.3. The molecule has 10 heavy (non-hydrogen) atoms. The van der Waals surface area contributed by atoms with Crippen LogP contribution in [0.3, 0.4) is 0 Å². The number of nitrogens with two attached hydrogens (primary N) is 1. The van der Waals surface area contributed by atoms with Gasteiger partial charge >= 0.3 is 0 Å². The number of benzene rings is 1. The van der Waals surface area contributed by atoms with E-state index in [9.17, 15) is 0 Å². The maximum Gasteiger partial charge on any atom is 0.189 e. The van der Waals surface area contributed by atoms with Crippen LogP contribution in [0.4, 0.5) is 0 Å². The number of rotatable bonds is 1. The third-order valence-electron chi connectivity index (χ3n) is 1.05. The van der Waals surface area contributed by atoms with Crippen LogP contribution in [0.5, 0.6) is 11.5 Å². The summed E-state index contributed by atoms with van der Waals surface area (Å²) < 4.78 is 0. The highest BCUT2D eigenvalue weighted by molar-refractivity contribution is 6.30. The topological polar surface area (TPSA) is 55.5 Å². The predicted molar refractivity (Wildman–Crippen MR) is 37.9 cm³/mol. The summed E-state index contributed by atoms with van der Waals surface area (Å²) in [5.74, 6) is 4.95. The highest BCUT2D eigenvalue weighted by Crippen LogP contribution is 2.27.